The number of amides is 1. The van der Waals surface area contributed by atoms with E-state index in [-0.39, 0.29) is 11.2 Å². The van der Waals surface area contributed by atoms with Crippen molar-refractivity contribution in [2.75, 3.05) is 69.7 Å². The lowest BCUT2D eigenvalue weighted by molar-refractivity contribution is -0.119. The summed E-state index contributed by atoms with van der Waals surface area (Å²) in [6, 6.07) is 8.59. The Hall–Kier alpha value is -3.42. The predicted octanol–water partition coefficient (Wildman–Crippen LogP) is 6.47. The Balaban J connectivity index is 0.000000206. The average Bonchev–Trinajstić information content (AvgIpc) is 3.14. The van der Waals surface area contributed by atoms with E-state index >= 15 is 0 Å². The highest BCUT2D eigenvalue weighted by Gasteiger charge is 2.33. The number of thioether (sulfide) groups is 1. The molecule has 0 unspecified atom stereocenters. The zero-order chi connectivity index (χ0) is 37.0. The van der Waals surface area contributed by atoms with Gasteiger partial charge >= 0.3 is 0 Å². The number of hydrogen-bond acceptors (Lipinski definition) is 9. The molecule has 52 heavy (non-hydrogen) atoms. The van der Waals surface area contributed by atoms with E-state index in [1.165, 1.54) is 31.6 Å². The molecule has 10 nitrogen and oxygen atoms in total. The summed E-state index contributed by atoms with van der Waals surface area (Å²) < 4.78 is 39.7. The number of nitrogens with one attached hydrogen (secondary N) is 1. The number of nitrogens with two attached hydrogens (primary N) is 1. The van der Waals surface area contributed by atoms with E-state index in [2.05, 4.69) is 26.7 Å². The van der Waals surface area contributed by atoms with Crippen LogP contribution in [0.4, 0.5) is 20.2 Å². The minimum atomic E-state index is -0.629. The Morgan fingerprint density at radius 3 is 2.35 bits per heavy atom. The fourth-order valence-electron chi connectivity index (χ4n) is 7.30. The first-order valence-corrected chi connectivity index (χ1v) is 20.1. The minimum absolute atomic E-state index is 0.0403. The third kappa shape index (κ3) is 10.6. The Bertz CT molecular complexity index is 1640. The number of H-pyrrole nitrogens is 1. The first kappa shape index (κ1) is 39.8. The summed E-state index contributed by atoms with van der Waals surface area (Å²) in [5.74, 6) is 1.88. The molecular formula is C39H56F2N6O4S. The maximum Gasteiger partial charge on any atom is 0.261 e. The molecule has 4 aliphatic heterocycles. The first-order valence-electron chi connectivity index (χ1n) is 19.1. The molecule has 286 valence electrons. The Morgan fingerprint density at radius 1 is 0.981 bits per heavy atom. The van der Waals surface area contributed by atoms with E-state index in [1.807, 2.05) is 19.9 Å². The van der Waals surface area contributed by atoms with Crippen molar-refractivity contribution in [1.29, 1.82) is 0 Å². The summed E-state index contributed by atoms with van der Waals surface area (Å²) in [6.07, 6.45) is 8.14. The molecule has 4 saturated heterocycles. The number of carbonyl (C=O) groups excluding carboxylic acids is 1. The van der Waals surface area contributed by atoms with Crippen LogP contribution in [-0.2, 0) is 15.3 Å². The molecule has 4 fully saturated rings. The number of fused-ring (bicyclic) bond motifs is 1. The van der Waals surface area contributed by atoms with Crippen molar-refractivity contribution in [2.45, 2.75) is 82.8 Å². The smallest absolute Gasteiger partial charge is 0.261 e. The van der Waals surface area contributed by atoms with E-state index < -0.39 is 11.4 Å². The zero-order valence-electron chi connectivity index (χ0n) is 31.0. The highest BCUT2D eigenvalue weighted by atomic mass is 32.2. The van der Waals surface area contributed by atoms with Crippen molar-refractivity contribution in [3.05, 3.63) is 58.1 Å². The molecule has 13 heteroatoms. The number of benzene rings is 2. The molecule has 1 amide bonds. The van der Waals surface area contributed by atoms with Gasteiger partial charge < -0.3 is 30.0 Å². The second-order valence-corrected chi connectivity index (χ2v) is 15.3. The van der Waals surface area contributed by atoms with Crippen molar-refractivity contribution in [3.63, 3.8) is 0 Å². The van der Waals surface area contributed by atoms with Crippen molar-refractivity contribution >= 4 is 40.4 Å². The van der Waals surface area contributed by atoms with Crippen LogP contribution in [0.25, 0.3) is 10.9 Å². The molecule has 2 aromatic carbocycles. The van der Waals surface area contributed by atoms with Crippen LogP contribution in [-0.4, -0.2) is 96.6 Å². The summed E-state index contributed by atoms with van der Waals surface area (Å²) in [5.41, 5.74) is 6.65. The lowest BCUT2D eigenvalue weighted by atomic mass is 9.91. The fourth-order valence-corrected chi connectivity index (χ4v) is 8.35. The highest BCUT2D eigenvalue weighted by Crippen LogP contribution is 2.31. The molecule has 3 aromatic rings. The second-order valence-electron chi connectivity index (χ2n) is 14.0. The van der Waals surface area contributed by atoms with Crippen LogP contribution in [0.1, 0.15) is 71.5 Å². The molecule has 7 rings (SSSR count). The van der Waals surface area contributed by atoms with Crippen molar-refractivity contribution in [2.24, 2.45) is 11.8 Å². The molecule has 3 N–H and O–H groups in total. The van der Waals surface area contributed by atoms with Crippen LogP contribution in [0.3, 0.4) is 0 Å². The monoisotopic (exact) mass is 742 g/mol. The summed E-state index contributed by atoms with van der Waals surface area (Å²) >= 11 is 1.74. The molecule has 0 aliphatic carbocycles. The maximum absolute atomic E-state index is 14.6. The van der Waals surface area contributed by atoms with Gasteiger partial charge in [0.25, 0.3) is 5.56 Å². The highest BCUT2D eigenvalue weighted by molar-refractivity contribution is 7.99. The quantitative estimate of drug-likeness (QED) is 0.178. The van der Waals surface area contributed by atoms with Gasteiger partial charge in [-0.15, -0.1) is 0 Å². The van der Waals surface area contributed by atoms with Gasteiger partial charge in [-0.25, -0.2) is 13.8 Å². The van der Waals surface area contributed by atoms with Crippen LogP contribution in [0, 0.1) is 23.5 Å². The van der Waals surface area contributed by atoms with Gasteiger partial charge in [-0.05, 0) is 68.6 Å². The van der Waals surface area contributed by atoms with Crippen molar-refractivity contribution in [1.82, 2.24) is 19.8 Å². The SMILES string of the molecule is CC.CCC1CN(C2CCN(c3ccc(N)cc3F)CC2)C1.O=CN1CCC(COc2cc(F)c3c(=O)[nH]c(CSC4CCOCC4)nc3c2)CC1. The minimum Gasteiger partial charge on any atom is -0.493 e. The number of piperidine rings is 2. The third-order valence-electron chi connectivity index (χ3n) is 10.5. The number of ether oxygens (including phenoxy) is 2. The van der Waals surface area contributed by atoms with Gasteiger partial charge in [0, 0.05) is 81.6 Å². The first-order chi connectivity index (χ1) is 25.3. The van der Waals surface area contributed by atoms with E-state index in [0.29, 0.717) is 71.1 Å². The van der Waals surface area contributed by atoms with Crippen LogP contribution in [0.2, 0.25) is 0 Å². The van der Waals surface area contributed by atoms with Gasteiger partial charge in [0.1, 0.15) is 28.6 Å². The number of hydrogen-bond donors (Lipinski definition) is 2. The number of anilines is 2. The van der Waals surface area contributed by atoms with E-state index in [0.717, 1.165) is 77.2 Å². The number of likely N-dealkylation sites (tertiary alicyclic amines) is 2. The van der Waals surface area contributed by atoms with Crippen LogP contribution in [0.15, 0.2) is 35.1 Å². The summed E-state index contributed by atoms with van der Waals surface area (Å²) in [7, 11) is 0. The van der Waals surface area contributed by atoms with Crippen LogP contribution in [0.5, 0.6) is 5.75 Å². The lowest BCUT2D eigenvalue weighted by Gasteiger charge is -2.47. The van der Waals surface area contributed by atoms with Gasteiger partial charge in [-0.1, -0.05) is 27.2 Å². The van der Waals surface area contributed by atoms with Gasteiger partial charge in [0.05, 0.1) is 23.6 Å². The summed E-state index contributed by atoms with van der Waals surface area (Å²) in [6.45, 7) is 14.1. The fraction of sp³-hybridized carbons (Fsp3) is 0.615. The number of carbonyl (C=O) groups is 1. The number of nitrogen functional groups attached to an aromatic ring is 1. The normalized spacial score (nSPS) is 19.3. The average molecular weight is 743 g/mol. The third-order valence-corrected chi connectivity index (χ3v) is 11.9. The molecule has 0 bridgehead atoms. The van der Waals surface area contributed by atoms with Crippen molar-refractivity contribution in [3.8, 4) is 5.75 Å². The number of aromatic nitrogens is 2. The van der Waals surface area contributed by atoms with Gasteiger partial charge in [-0.2, -0.15) is 11.8 Å². The maximum atomic E-state index is 14.6. The van der Waals surface area contributed by atoms with E-state index in [4.69, 9.17) is 15.2 Å². The summed E-state index contributed by atoms with van der Waals surface area (Å²) in [5, 5.41) is 0.443. The van der Waals surface area contributed by atoms with Gasteiger partial charge in [0.15, 0.2) is 0 Å². The van der Waals surface area contributed by atoms with Crippen LogP contribution < -0.4 is 20.9 Å². The number of nitrogens with zero attached hydrogens (tertiary/aromatic N) is 4. The topological polar surface area (TPSA) is 117 Å². The number of rotatable bonds is 10. The second kappa shape index (κ2) is 19.6. The summed E-state index contributed by atoms with van der Waals surface area (Å²) in [4.78, 5) is 36.9. The molecule has 0 atom stereocenters. The molecule has 1 aromatic heterocycles. The molecular weight excluding hydrogens is 687 g/mol. The standard InChI is InChI=1S/C21H26FN3O4S.C16H24FN3.C2H6/c22-17-9-15(29-11-14-1-5-25(13-26)6-2-14)10-18-20(17)21(27)24-19(23-18)12-30-16-3-7-28-8-4-16;1-2-12-10-20(11-12)14-5-7-19(8-6-14)16-4-3-13(18)9-15(16)17;1-2/h9-10,13-14,16H,1-8,11-12H2,(H,23,24,27);3-4,9,12,14H,2,5-8,10-11,18H2,1H3;1-2H3. The van der Waals surface area contributed by atoms with Crippen LogP contribution >= 0.6 is 11.8 Å². The molecule has 5 heterocycles. The number of aromatic amines is 1. The molecule has 0 radical (unpaired) electrons. The van der Waals surface area contributed by atoms with Gasteiger partial charge in [0.2, 0.25) is 6.41 Å². The van der Waals surface area contributed by atoms with E-state index in [9.17, 15) is 18.4 Å². The Kier molecular flexibility index (Phi) is 15.0. The van der Waals surface area contributed by atoms with Crippen molar-refractivity contribution < 1.29 is 23.0 Å². The Labute approximate surface area is 310 Å². The molecule has 0 spiro atoms. The zero-order valence-corrected chi connectivity index (χ0v) is 31.8. The predicted molar refractivity (Wildman–Crippen MR) is 206 cm³/mol. The molecule has 0 saturated carbocycles. The Morgan fingerprint density at radius 2 is 1.69 bits per heavy atom. The lowest BCUT2D eigenvalue weighted by Crippen LogP contribution is -2.55. The van der Waals surface area contributed by atoms with Gasteiger partial charge in [-0.3, -0.25) is 14.5 Å². The largest absolute Gasteiger partial charge is 0.493 e. The molecule has 4 aliphatic rings. The number of halogens is 2. The van der Waals surface area contributed by atoms with E-state index in [1.54, 1.807) is 28.8 Å².